The SMILES string of the molecule is CC(C)NCC1CCCN1CCc1ccccc1. The van der Waals surface area contributed by atoms with E-state index in [4.69, 9.17) is 0 Å². The van der Waals surface area contributed by atoms with E-state index in [1.807, 2.05) is 0 Å². The maximum absolute atomic E-state index is 3.57. The monoisotopic (exact) mass is 246 g/mol. The molecule has 0 aliphatic carbocycles. The van der Waals surface area contributed by atoms with Gasteiger partial charge in [0.05, 0.1) is 0 Å². The third-order valence-corrected chi connectivity index (χ3v) is 3.79. The standard InChI is InChI=1S/C16H26N2/c1-14(2)17-13-16-9-6-11-18(16)12-10-15-7-4-3-5-8-15/h3-5,7-8,14,16-17H,6,9-13H2,1-2H3. The van der Waals surface area contributed by atoms with E-state index in [-0.39, 0.29) is 0 Å². The molecule has 0 bridgehead atoms. The Morgan fingerprint density at radius 2 is 2.06 bits per heavy atom. The molecule has 1 aromatic rings. The third kappa shape index (κ3) is 4.11. The molecule has 2 nitrogen and oxygen atoms in total. The molecule has 1 N–H and O–H groups in total. The largest absolute Gasteiger partial charge is 0.313 e. The van der Waals surface area contributed by atoms with E-state index >= 15 is 0 Å². The summed E-state index contributed by atoms with van der Waals surface area (Å²) in [7, 11) is 0. The van der Waals surface area contributed by atoms with Gasteiger partial charge in [-0.05, 0) is 31.4 Å². The first kappa shape index (κ1) is 13.6. The van der Waals surface area contributed by atoms with Crippen LogP contribution < -0.4 is 5.32 Å². The minimum absolute atomic E-state index is 0.599. The van der Waals surface area contributed by atoms with Gasteiger partial charge in [0.25, 0.3) is 0 Å². The first-order valence-corrected chi connectivity index (χ1v) is 7.27. The minimum Gasteiger partial charge on any atom is -0.313 e. The molecule has 1 fully saturated rings. The van der Waals surface area contributed by atoms with E-state index in [0.29, 0.717) is 6.04 Å². The molecule has 1 atom stereocenters. The maximum Gasteiger partial charge on any atom is 0.0221 e. The van der Waals surface area contributed by atoms with E-state index < -0.39 is 0 Å². The molecule has 1 aliphatic heterocycles. The van der Waals surface area contributed by atoms with Gasteiger partial charge in [0, 0.05) is 25.2 Å². The van der Waals surface area contributed by atoms with E-state index in [9.17, 15) is 0 Å². The summed E-state index contributed by atoms with van der Waals surface area (Å²) in [6, 6.07) is 12.2. The Bertz CT molecular complexity index is 334. The molecular formula is C16H26N2. The summed E-state index contributed by atoms with van der Waals surface area (Å²) in [6.07, 6.45) is 3.90. The molecule has 0 amide bonds. The Morgan fingerprint density at radius 3 is 2.78 bits per heavy atom. The summed E-state index contributed by atoms with van der Waals surface area (Å²) >= 11 is 0. The van der Waals surface area contributed by atoms with Crippen molar-refractivity contribution in [3.8, 4) is 0 Å². The summed E-state index contributed by atoms with van der Waals surface area (Å²) in [4.78, 5) is 2.66. The van der Waals surface area contributed by atoms with Crippen LogP contribution in [0.3, 0.4) is 0 Å². The smallest absolute Gasteiger partial charge is 0.0221 e. The Labute approximate surface area is 111 Å². The Hall–Kier alpha value is -0.860. The van der Waals surface area contributed by atoms with Crippen molar-refractivity contribution in [2.24, 2.45) is 0 Å². The number of rotatable bonds is 6. The van der Waals surface area contributed by atoms with Crippen LogP contribution in [0.15, 0.2) is 30.3 Å². The average Bonchev–Trinajstić information content (AvgIpc) is 2.82. The van der Waals surface area contributed by atoms with Crippen LogP contribution in [0.25, 0.3) is 0 Å². The van der Waals surface area contributed by atoms with Crippen LogP contribution >= 0.6 is 0 Å². The zero-order valence-electron chi connectivity index (χ0n) is 11.7. The summed E-state index contributed by atoms with van der Waals surface area (Å²) in [6.45, 7) is 8.07. The summed E-state index contributed by atoms with van der Waals surface area (Å²) in [5.74, 6) is 0. The molecule has 0 aromatic heterocycles. The lowest BCUT2D eigenvalue weighted by Crippen LogP contribution is -2.41. The molecule has 18 heavy (non-hydrogen) atoms. The second-order valence-corrected chi connectivity index (χ2v) is 5.63. The number of nitrogens with one attached hydrogen (secondary N) is 1. The van der Waals surface area contributed by atoms with Crippen LogP contribution in [-0.4, -0.2) is 36.6 Å². The van der Waals surface area contributed by atoms with Gasteiger partial charge in [-0.1, -0.05) is 44.2 Å². The Morgan fingerprint density at radius 1 is 1.28 bits per heavy atom. The molecule has 1 heterocycles. The van der Waals surface area contributed by atoms with E-state index in [1.165, 1.54) is 37.9 Å². The van der Waals surface area contributed by atoms with Crippen molar-refractivity contribution < 1.29 is 0 Å². The minimum atomic E-state index is 0.599. The van der Waals surface area contributed by atoms with Gasteiger partial charge in [-0.2, -0.15) is 0 Å². The molecule has 2 heteroatoms. The highest BCUT2D eigenvalue weighted by atomic mass is 15.2. The van der Waals surface area contributed by atoms with Crippen LogP contribution in [0.2, 0.25) is 0 Å². The fourth-order valence-electron chi connectivity index (χ4n) is 2.71. The molecule has 100 valence electrons. The maximum atomic E-state index is 3.57. The van der Waals surface area contributed by atoms with Gasteiger partial charge >= 0.3 is 0 Å². The van der Waals surface area contributed by atoms with Crippen molar-refractivity contribution in [3.05, 3.63) is 35.9 Å². The molecule has 1 saturated heterocycles. The van der Waals surface area contributed by atoms with Gasteiger partial charge in [-0.3, -0.25) is 4.90 Å². The quantitative estimate of drug-likeness (QED) is 0.830. The summed E-state index contributed by atoms with van der Waals surface area (Å²) in [5, 5.41) is 3.57. The number of likely N-dealkylation sites (tertiary alicyclic amines) is 1. The zero-order valence-corrected chi connectivity index (χ0v) is 11.7. The topological polar surface area (TPSA) is 15.3 Å². The van der Waals surface area contributed by atoms with Crippen LogP contribution in [0.1, 0.15) is 32.3 Å². The molecule has 1 aromatic carbocycles. The second-order valence-electron chi connectivity index (χ2n) is 5.63. The number of nitrogens with zero attached hydrogens (tertiary/aromatic N) is 1. The first-order chi connectivity index (χ1) is 8.75. The van der Waals surface area contributed by atoms with Crippen molar-refractivity contribution in [2.75, 3.05) is 19.6 Å². The van der Waals surface area contributed by atoms with Gasteiger partial charge in [-0.15, -0.1) is 0 Å². The molecule has 0 radical (unpaired) electrons. The molecule has 0 saturated carbocycles. The lowest BCUT2D eigenvalue weighted by atomic mass is 10.1. The highest BCUT2D eigenvalue weighted by Gasteiger charge is 2.23. The van der Waals surface area contributed by atoms with Crippen LogP contribution in [-0.2, 0) is 6.42 Å². The first-order valence-electron chi connectivity index (χ1n) is 7.27. The second kappa shape index (κ2) is 6.91. The Kier molecular flexibility index (Phi) is 5.21. The molecule has 2 rings (SSSR count). The van der Waals surface area contributed by atoms with Gasteiger partial charge < -0.3 is 5.32 Å². The normalized spacial score (nSPS) is 20.7. The van der Waals surface area contributed by atoms with Crippen molar-refractivity contribution in [1.82, 2.24) is 10.2 Å². The predicted molar refractivity (Wildman–Crippen MR) is 77.9 cm³/mol. The molecule has 1 aliphatic rings. The van der Waals surface area contributed by atoms with Gasteiger partial charge in [0.15, 0.2) is 0 Å². The Balaban J connectivity index is 1.77. The van der Waals surface area contributed by atoms with Crippen LogP contribution in [0.4, 0.5) is 0 Å². The average molecular weight is 246 g/mol. The predicted octanol–water partition coefficient (Wildman–Crippen LogP) is 2.69. The van der Waals surface area contributed by atoms with Gasteiger partial charge in [0.2, 0.25) is 0 Å². The lowest BCUT2D eigenvalue weighted by Gasteiger charge is -2.25. The fourth-order valence-corrected chi connectivity index (χ4v) is 2.71. The van der Waals surface area contributed by atoms with Crippen LogP contribution in [0.5, 0.6) is 0 Å². The number of hydrogen-bond donors (Lipinski definition) is 1. The van der Waals surface area contributed by atoms with Crippen LogP contribution in [0, 0.1) is 0 Å². The highest BCUT2D eigenvalue weighted by molar-refractivity contribution is 5.15. The highest BCUT2D eigenvalue weighted by Crippen LogP contribution is 2.17. The van der Waals surface area contributed by atoms with Gasteiger partial charge in [0.1, 0.15) is 0 Å². The molecular weight excluding hydrogens is 220 g/mol. The fraction of sp³-hybridized carbons (Fsp3) is 0.625. The van der Waals surface area contributed by atoms with Crippen molar-refractivity contribution >= 4 is 0 Å². The molecule has 0 spiro atoms. The molecule has 1 unspecified atom stereocenters. The third-order valence-electron chi connectivity index (χ3n) is 3.79. The van der Waals surface area contributed by atoms with E-state index in [0.717, 1.165) is 12.6 Å². The van der Waals surface area contributed by atoms with E-state index in [1.54, 1.807) is 0 Å². The van der Waals surface area contributed by atoms with Crippen molar-refractivity contribution in [2.45, 2.75) is 45.2 Å². The van der Waals surface area contributed by atoms with Crippen molar-refractivity contribution in [1.29, 1.82) is 0 Å². The number of hydrogen-bond acceptors (Lipinski definition) is 2. The van der Waals surface area contributed by atoms with E-state index in [2.05, 4.69) is 54.4 Å². The lowest BCUT2D eigenvalue weighted by molar-refractivity contribution is 0.247. The summed E-state index contributed by atoms with van der Waals surface area (Å²) < 4.78 is 0. The zero-order chi connectivity index (χ0) is 12.8. The number of benzene rings is 1. The summed E-state index contributed by atoms with van der Waals surface area (Å²) in [5.41, 5.74) is 1.46. The van der Waals surface area contributed by atoms with Crippen molar-refractivity contribution in [3.63, 3.8) is 0 Å². The van der Waals surface area contributed by atoms with Gasteiger partial charge in [-0.25, -0.2) is 0 Å².